The van der Waals surface area contributed by atoms with Gasteiger partial charge in [-0.25, -0.2) is 0 Å². The second-order valence-corrected chi connectivity index (χ2v) is 3.23. The van der Waals surface area contributed by atoms with Crippen LogP contribution in [0.2, 0.25) is 0 Å². The summed E-state index contributed by atoms with van der Waals surface area (Å²) in [5, 5.41) is 0. The van der Waals surface area contributed by atoms with Crippen molar-refractivity contribution >= 4 is 6.41 Å². The lowest BCUT2D eigenvalue weighted by Crippen LogP contribution is -2.06. The molecule has 72 valence electrons. The topological polar surface area (TPSA) is 20.3 Å². The smallest absolute Gasteiger partial charge is 0.209 e. The van der Waals surface area contributed by atoms with Crippen molar-refractivity contribution in [2.75, 3.05) is 14.1 Å². The summed E-state index contributed by atoms with van der Waals surface area (Å²) >= 11 is 0. The summed E-state index contributed by atoms with van der Waals surface area (Å²) in [4.78, 5) is 10.9. The first-order valence-corrected chi connectivity index (χ1v) is 4.21. The summed E-state index contributed by atoms with van der Waals surface area (Å²) in [6.07, 6.45) is 0.750. The minimum Gasteiger partial charge on any atom is -0.351 e. The lowest BCUT2D eigenvalue weighted by molar-refractivity contribution is -0.115. The highest BCUT2D eigenvalue weighted by molar-refractivity contribution is 5.45. The molecule has 2 nitrogen and oxygen atoms in total. The quantitative estimate of drug-likeness (QED) is 0.604. The molecule has 2 heteroatoms. The number of carbonyl (C=O) groups excluding carboxylic acids is 1. The first-order valence-electron chi connectivity index (χ1n) is 4.21. The number of carbonyl (C=O) groups is 1. The van der Waals surface area contributed by atoms with Crippen LogP contribution >= 0.6 is 0 Å². The van der Waals surface area contributed by atoms with Crippen molar-refractivity contribution in [2.24, 2.45) is 0 Å². The Kier molecular flexibility index (Phi) is 5.60. The van der Waals surface area contributed by atoms with E-state index in [0.29, 0.717) is 0 Å². The van der Waals surface area contributed by atoms with Gasteiger partial charge in [-0.1, -0.05) is 35.4 Å². The minimum absolute atomic E-state index is 0.750. The Labute approximate surface area is 80.2 Å². The molecule has 0 fully saturated rings. The molecule has 0 saturated heterocycles. The Bertz CT molecular complexity index is 239. The van der Waals surface area contributed by atoms with Gasteiger partial charge in [-0.3, -0.25) is 4.79 Å². The van der Waals surface area contributed by atoms with E-state index >= 15 is 0 Å². The Balaban J connectivity index is 0.000000252. The molecule has 0 heterocycles. The van der Waals surface area contributed by atoms with Crippen molar-refractivity contribution in [3.8, 4) is 0 Å². The average Bonchev–Trinajstić information content (AvgIpc) is 2.05. The van der Waals surface area contributed by atoms with Crippen LogP contribution in [0.15, 0.2) is 24.3 Å². The lowest BCUT2D eigenvalue weighted by Gasteiger charge is -1.93. The van der Waals surface area contributed by atoms with Gasteiger partial charge in [0.2, 0.25) is 6.41 Å². The largest absolute Gasteiger partial charge is 0.351 e. The van der Waals surface area contributed by atoms with E-state index in [1.807, 2.05) is 0 Å². The third kappa shape index (κ3) is 7.06. The molecular weight excluding hydrogens is 162 g/mol. The molecule has 13 heavy (non-hydrogen) atoms. The van der Waals surface area contributed by atoms with Gasteiger partial charge in [0.25, 0.3) is 0 Å². The third-order valence-corrected chi connectivity index (χ3v) is 1.38. The van der Waals surface area contributed by atoms with E-state index in [4.69, 9.17) is 0 Å². The number of rotatable bonds is 1. The monoisotopic (exact) mass is 179 g/mol. The molecule has 1 amide bonds. The van der Waals surface area contributed by atoms with Gasteiger partial charge in [0.15, 0.2) is 0 Å². The highest BCUT2D eigenvalue weighted by Crippen LogP contribution is 2.00. The molecule has 1 rings (SSSR count). The summed E-state index contributed by atoms with van der Waals surface area (Å²) in [7, 11) is 3.38. The standard InChI is InChI=1S/C8H10.C3H7NO/c1-7-4-3-5-8(2)6-7;1-4(2)3-5/h3-6H,1-2H3;3H,1-2H3. The summed E-state index contributed by atoms with van der Waals surface area (Å²) in [5.41, 5.74) is 2.68. The van der Waals surface area contributed by atoms with Gasteiger partial charge in [-0.05, 0) is 13.8 Å². The van der Waals surface area contributed by atoms with Crippen molar-refractivity contribution in [1.82, 2.24) is 4.90 Å². The van der Waals surface area contributed by atoms with Crippen LogP contribution in [0.5, 0.6) is 0 Å². The van der Waals surface area contributed by atoms with Gasteiger partial charge in [0.1, 0.15) is 0 Å². The molecular formula is C11H17NO. The van der Waals surface area contributed by atoms with E-state index in [9.17, 15) is 4.79 Å². The van der Waals surface area contributed by atoms with Crippen molar-refractivity contribution in [3.05, 3.63) is 35.4 Å². The Hall–Kier alpha value is -1.31. The molecule has 0 atom stereocenters. The van der Waals surface area contributed by atoms with Gasteiger partial charge in [-0.2, -0.15) is 0 Å². The zero-order valence-electron chi connectivity index (χ0n) is 8.74. The number of hydrogen-bond donors (Lipinski definition) is 0. The molecule has 0 aliphatic heterocycles. The Morgan fingerprint density at radius 3 is 1.69 bits per heavy atom. The summed E-state index contributed by atoms with van der Waals surface area (Å²) in [6, 6.07) is 8.45. The van der Waals surface area contributed by atoms with Crippen LogP contribution in [0, 0.1) is 13.8 Å². The van der Waals surface area contributed by atoms with Crippen LogP contribution in [0.3, 0.4) is 0 Å². The van der Waals surface area contributed by atoms with Crippen LogP contribution in [0.25, 0.3) is 0 Å². The number of benzene rings is 1. The van der Waals surface area contributed by atoms with Gasteiger partial charge < -0.3 is 4.90 Å². The predicted molar refractivity (Wildman–Crippen MR) is 55.7 cm³/mol. The van der Waals surface area contributed by atoms with E-state index in [1.54, 1.807) is 14.1 Å². The number of amides is 1. The fourth-order valence-electron chi connectivity index (χ4n) is 0.807. The molecule has 0 aromatic heterocycles. The fraction of sp³-hybridized carbons (Fsp3) is 0.364. The highest BCUT2D eigenvalue weighted by atomic mass is 16.1. The minimum atomic E-state index is 0.750. The van der Waals surface area contributed by atoms with Gasteiger partial charge in [0, 0.05) is 14.1 Å². The maximum Gasteiger partial charge on any atom is 0.209 e. The number of nitrogens with zero attached hydrogens (tertiary/aromatic N) is 1. The molecule has 0 saturated carbocycles. The number of hydrogen-bond acceptors (Lipinski definition) is 1. The van der Waals surface area contributed by atoms with E-state index in [2.05, 4.69) is 38.1 Å². The van der Waals surface area contributed by atoms with Gasteiger partial charge >= 0.3 is 0 Å². The summed E-state index contributed by atoms with van der Waals surface area (Å²) < 4.78 is 0. The van der Waals surface area contributed by atoms with Crippen molar-refractivity contribution < 1.29 is 4.79 Å². The highest BCUT2D eigenvalue weighted by Gasteiger charge is 1.80. The molecule has 0 aliphatic carbocycles. The van der Waals surface area contributed by atoms with E-state index < -0.39 is 0 Å². The van der Waals surface area contributed by atoms with Gasteiger partial charge in [-0.15, -0.1) is 0 Å². The van der Waals surface area contributed by atoms with Crippen LogP contribution in [-0.2, 0) is 4.79 Å². The van der Waals surface area contributed by atoms with E-state index in [1.165, 1.54) is 16.0 Å². The molecule has 0 radical (unpaired) electrons. The predicted octanol–water partition coefficient (Wildman–Crippen LogP) is 2.01. The Morgan fingerprint density at radius 2 is 1.54 bits per heavy atom. The van der Waals surface area contributed by atoms with Crippen LogP contribution in [-0.4, -0.2) is 25.4 Å². The second-order valence-electron chi connectivity index (χ2n) is 3.23. The normalized spacial score (nSPS) is 8.31. The van der Waals surface area contributed by atoms with Crippen LogP contribution < -0.4 is 0 Å². The Morgan fingerprint density at radius 1 is 1.15 bits per heavy atom. The third-order valence-electron chi connectivity index (χ3n) is 1.38. The molecule has 0 N–H and O–H groups in total. The molecule has 1 aromatic carbocycles. The average molecular weight is 179 g/mol. The molecule has 0 unspecified atom stereocenters. The number of aryl methyl sites for hydroxylation is 2. The maximum absolute atomic E-state index is 9.43. The van der Waals surface area contributed by atoms with Crippen LogP contribution in [0.1, 0.15) is 11.1 Å². The summed E-state index contributed by atoms with van der Waals surface area (Å²) in [6.45, 7) is 4.21. The molecule has 1 aromatic rings. The van der Waals surface area contributed by atoms with Crippen molar-refractivity contribution in [2.45, 2.75) is 13.8 Å². The van der Waals surface area contributed by atoms with Crippen molar-refractivity contribution in [1.29, 1.82) is 0 Å². The maximum atomic E-state index is 9.43. The van der Waals surface area contributed by atoms with Gasteiger partial charge in [0.05, 0.1) is 0 Å². The second kappa shape index (κ2) is 6.23. The lowest BCUT2D eigenvalue weighted by atomic mass is 10.2. The first-order chi connectivity index (χ1) is 6.06. The van der Waals surface area contributed by atoms with E-state index in [0.717, 1.165) is 6.41 Å². The van der Waals surface area contributed by atoms with E-state index in [-0.39, 0.29) is 0 Å². The SMILES string of the molecule is CN(C)C=O.Cc1cccc(C)c1. The zero-order valence-corrected chi connectivity index (χ0v) is 8.74. The van der Waals surface area contributed by atoms with Crippen LogP contribution in [0.4, 0.5) is 0 Å². The fourth-order valence-corrected chi connectivity index (χ4v) is 0.807. The molecule has 0 bridgehead atoms. The molecule has 0 aliphatic rings. The zero-order chi connectivity index (χ0) is 10.3. The summed E-state index contributed by atoms with van der Waals surface area (Å²) in [5.74, 6) is 0. The first kappa shape index (κ1) is 11.7. The van der Waals surface area contributed by atoms with Crippen molar-refractivity contribution in [3.63, 3.8) is 0 Å². The molecule has 0 spiro atoms.